The lowest BCUT2D eigenvalue weighted by atomic mass is 9.96. The van der Waals surface area contributed by atoms with Crippen LogP contribution in [0.15, 0.2) is 24.3 Å². The molecule has 1 aromatic heterocycles. The first-order valence-electron chi connectivity index (χ1n) is 9.19. The van der Waals surface area contributed by atoms with Gasteiger partial charge in [0.2, 0.25) is 0 Å². The Labute approximate surface area is 162 Å². The first kappa shape index (κ1) is 17.0. The van der Waals surface area contributed by atoms with E-state index < -0.39 is 0 Å². The van der Waals surface area contributed by atoms with Gasteiger partial charge in [0.15, 0.2) is 0 Å². The summed E-state index contributed by atoms with van der Waals surface area (Å²) in [6, 6.07) is 7.85. The van der Waals surface area contributed by atoms with Crippen molar-refractivity contribution < 1.29 is 4.79 Å². The minimum atomic E-state index is 0.138. The fourth-order valence-corrected chi connectivity index (χ4v) is 4.53. The molecule has 0 radical (unpaired) electrons. The van der Waals surface area contributed by atoms with Gasteiger partial charge in [-0.15, -0.1) is 10.2 Å². The summed E-state index contributed by atoms with van der Waals surface area (Å²) in [5.74, 6) is 2.67. The van der Waals surface area contributed by atoms with Crippen LogP contribution in [0.2, 0.25) is 0 Å². The molecule has 5 nitrogen and oxygen atoms in total. The van der Waals surface area contributed by atoms with Gasteiger partial charge < -0.3 is 9.47 Å². The van der Waals surface area contributed by atoms with Crippen molar-refractivity contribution in [2.24, 2.45) is 0 Å². The zero-order valence-corrected chi connectivity index (χ0v) is 16.5. The van der Waals surface area contributed by atoms with Gasteiger partial charge in [-0.2, -0.15) is 0 Å². The fraction of sp³-hybridized carbons (Fsp3) is 0.526. The predicted octanol–water partition coefficient (Wildman–Crippen LogP) is 3.63. The molecule has 0 spiro atoms. The van der Waals surface area contributed by atoms with Gasteiger partial charge in [-0.3, -0.25) is 4.79 Å². The van der Waals surface area contributed by atoms with Crippen LogP contribution in [0.1, 0.15) is 60.0 Å². The van der Waals surface area contributed by atoms with Gasteiger partial charge in [-0.25, -0.2) is 0 Å². The second kappa shape index (κ2) is 7.43. The topological polar surface area (TPSA) is 51.0 Å². The summed E-state index contributed by atoms with van der Waals surface area (Å²) in [6.07, 6.45) is 6.84. The summed E-state index contributed by atoms with van der Waals surface area (Å²) >= 11 is 2.26. The maximum atomic E-state index is 12.9. The van der Waals surface area contributed by atoms with Crippen molar-refractivity contribution in [1.82, 2.24) is 19.7 Å². The molecule has 1 amide bonds. The van der Waals surface area contributed by atoms with Gasteiger partial charge in [-0.1, -0.05) is 12.5 Å². The molecular weight excluding hydrogens is 427 g/mol. The van der Waals surface area contributed by atoms with Crippen LogP contribution in [-0.2, 0) is 13.0 Å². The van der Waals surface area contributed by atoms with E-state index in [-0.39, 0.29) is 5.91 Å². The second-order valence-electron chi connectivity index (χ2n) is 7.04. The van der Waals surface area contributed by atoms with E-state index in [0.717, 1.165) is 59.7 Å². The van der Waals surface area contributed by atoms with Gasteiger partial charge in [0.05, 0.1) is 0 Å². The Morgan fingerprint density at radius 1 is 1.12 bits per heavy atom. The number of rotatable bonds is 2. The molecule has 2 aromatic rings. The van der Waals surface area contributed by atoms with Crippen LogP contribution in [0.5, 0.6) is 0 Å². The quantitative estimate of drug-likeness (QED) is 0.657. The number of carbonyl (C=O) groups excluding carboxylic acids is 1. The molecule has 0 aliphatic carbocycles. The first-order valence-corrected chi connectivity index (χ1v) is 10.3. The van der Waals surface area contributed by atoms with Crippen LogP contribution >= 0.6 is 22.6 Å². The molecule has 4 rings (SSSR count). The fourth-order valence-electron chi connectivity index (χ4n) is 3.99. The Morgan fingerprint density at radius 3 is 2.92 bits per heavy atom. The van der Waals surface area contributed by atoms with Crippen molar-refractivity contribution in [3.05, 3.63) is 45.0 Å². The average molecular weight is 450 g/mol. The van der Waals surface area contributed by atoms with Crippen LogP contribution < -0.4 is 0 Å². The van der Waals surface area contributed by atoms with E-state index in [4.69, 9.17) is 0 Å². The molecule has 1 saturated heterocycles. The predicted molar refractivity (Wildman–Crippen MR) is 105 cm³/mol. The minimum Gasteiger partial charge on any atom is -0.338 e. The van der Waals surface area contributed by atoms with Crippen molar-refractivity contribution in [3.63, 3.8) is 0 Å². The number of benzene rings is 1. The van der Waals surface area contributed by atoms with E-state index in [1.54, 1.807) is 0 Å². The molecule has 1 aromatic carbocycles. The summed E-state index contributed by atoms with van der Waals surface area (Å²) in [7, 11) is 0. The summed E-state index contributed by atoms with van der Waals surface area (Å²) in [6.45, 7) is 2.61. The highest BCUT2D eigenvalue weighted by Crippen LogP contribution is 2.28. The number of nitrogens with zero attached hydrogens (tertiary/aromatic N) is 4. The van der Waals surface area contributed by atoms with E-state index in [1.165, 1.54) is 19.3 Å². The highest BCUT2D eigenvalue weighted by molar-refractivity contribution is 14.1. The number of aromatic nitrogens is 3. The maximum Gasteiger partial charge on any atom is 0.253 e. The van der Waals surface area contributed by atoms with Gasteiger partial charge in [-0.05, 0) is 66.5 Å². The van der Waals surface area contributed by atoms with Crippen molar-refractivity contribution >= 4 is 28.5 Å². The van der Waals surface area contributed by atoms with Crippen LogP contribution in [0, 0.1) is 3.57 Å². The molecule has 1 atom stereocenters. The van der Waals surface area contributed by atoms with Crippen molar-refractivity contribution in [2.75, 3.05) is 13.1 Å². The summed E-state index contributed by atoms with van der Waals surface area (Å²) in [5, 5.41) is 8.96. The van der Waals surface area contributed by atoms with E-state index in [1.807, 2.05) is 29.2 Å². The molecule has 0 saturated carbocycles. The summed E-state index contributed by atoms with van der Waals surface area (Å²) < 4.78 is 3.43. The Hall–Kier alpha value is -1.44. The van der Waals surface area contributed by atoms with Crippen molar-refractivity contribution in [3.8, 4) is 0 Å². The Balaban J connectivity index is 1.53. The van der Waals surface area contributed by atoms with Crippen LogP contribution in [-0.4, -0.2) is 38.7 Å². The average Bonchev–Trinajstić information content (AvgIpc) is 2.90. The standard InChI is InChI=1S/C19H23IN4O/c20-16-8-4-6-14(12-16)19(25)23-10-5-7-15(13-23)18-22-21-17-9-2-1-3-11-24(17)18/h4,6,8,12,15H,1-3,5,7,9-11,13H2. The molecule has 1 unspecified atom stereocenters. The number of hydrogen-bond acceptors (Lipinski definition) is 3. The van der Waals surface area contributed by atoms with Crippen LogP contribution in [0.25, 0.3) is 0 Å². The van der Waals surface area contributed by atoms with E-state index in [0.29, 0.717) is 5.92 Å². The lowest BCUT2D eigenvalue weighted by Gasteiger charge is -2.32. The molecule has 2 aliphatic rings. The largest absolute Gasteiger partial charge is 0.338 e. The molecular formula is C19H23IN4O. The first-order chi connectivity index (χ1) is 12.2. The van der Waals surface area contributed by atoms with E-state index >= 15 is 0 Å². The zero-order valence-electron chi connectivity index (χ0n) is 14.3. The van der Waals surface area contributed by atoms with Crippen molar-refractivity contribution in [1.29, 1.82) is 0 Å². The number of halogens is 1. The number of hydrogen-bond donors (Lipinski definition) is 0. The molecule has 2 aliphatic heterocycles. The highest BCUT2D eigenvalue weighted by Gasteiger charge is 2.29. The molecule has 1 fully saturated rings. The third-order valence-electron chi connectivity index (χ3n) is 5.28. The third kappa shape index (κ3) is 3.59. The molecule has 3 heterocycles. The van der Waals surface area contributed by atoms with Gasteiger partial charge in [0.1, 0.15) is 11.6 Å². The van der Waals surface area contributed by atoms with Gasteiger partial charge in [0, 0.05) is 41.1 Å². The number of aryl methyl sites for hydroxylation is 1. The molecule has 6 heteroatoms. The number of fused-ring (bicyclic) bond motifs is 1. The van der Waals surface area contributed by atoms with E-state index in [2.05, 4.69) is 37.4 Å². The maximum absolute atomic E-state index is 12.9. The highest BCUT2D eigenvalue weighted by atomic mass is 127. The number of piperidine rings is 1. The Kier molecular flexibility index (Phi) is 5.05. The SMILES string of the molecule is O=C(c1cccc(I)c1)N1CCCC(c2nnc3n2CCCCC3)C1. The molecule has 132 valence electrons. The number of carbonyl (C=O) groups is 1. The van der Waals surface area contributed by atoms with Gasteiger partial charge in [0.25, 0.3) is 5.91 Å². The monoisotopic (exact) mass is 450 g/mol. The second-order valence-corrected chi connectivity index (χ2v) is 8.28. The summed E-state index contributed by atoms with van der Waals surface area (Å²) in [4.78, 5) is 14.9. The Bertz CT molecular complexity index is 773. The lowest BCUT2D eigenvalue weighted by molar-refractivity contribution is 0.0703. The smallest absolute Gasteiger partial charge is 0.253 e. The number of likely N-dealkylation sites (tertiary alicyclic amines) is 1. The zero-order chi connectivity index (χ0) is 17.2. The van der Waals surface area contributed by atoms with Crippen molar-refractivity contribution in [2.45, 2.75) is 51.0 Å². The van der Waals surface area contributed by atoms with E-state index in [9.17, 15) is 4.79 Å². The number of amides is 1. The van der Waals surface area contributed by atoms with Crippen LogP contribution in [0.4, 0.5) is 0 Å². The molecule has 0 bridgehead atoms. The lowest BCUT2D eigenvalue weighted by Crippen LogP contribution is -2.39. The third-order valence-corrected chi connectivity index (χ3v) is 5.95. The van der Waals surface area contributed by atoms with Crippen LogP contribution in [0.3, 0.4) is 0 Å². The summed E-state index contributed by atoms with van der Waals surface area (Å²) in [5.41, 5.74) is 0.785. The molecule has 0 N–H and O–H groups in total. The Morgan fingerprint density at radius 2 is 2.04 bits per heavy atom. The van der Waals surface area contributed by atoms with Gasteiger partial charge >= 0.3 is 0 Å². The molecule has 25 heavy (non-hydrogen) atoms. The minimum absolute atomic E-state index is 0.138. The normalized spacial score (nSPS) is 20.8.